The van der Waals surface area contributed by atoms with Crippen molar-refractivity contribution in [3.63, 3.8) is 0 Å². The Labute approximate surface area is 115 Å². The lowest BCUT2D eigenvalue weighted by Gasteiger charge is -2.09. The van der Waals surface area contributed by atoms with Gasteiger partial charge in [0.2, 0.25) is 5.95 Å². The zero-order valence-electron chi connectivity index (χ0n) is 10.2. The van der Waals surface area contributed by atoms with E-state index in [0.717, 1.165) is 24.5 Å². The van der Waals surface area contributed by atoms with E-state index in [2.05, 4.69) is 25.8 Å². The summed E-state index contributed by atoms with van der Waals surface area (Å²) < 4.78 is 37.5. The van der Waals surface area contributed by atoms with E-state index >= 15 is 0 Å². The van der Waals surface area contributed by atoms with Crippen LogP contribution >= 0.6 is 0 Å². The number of aromatic nitrogens is 3. The maximum absolute atomic E-state index is 12.5. The number of carbonyl (C=O) groups is 2. The van der Waals surface area contributed by atoms with Crippen molar-refractivity contribution in [2.45, 2.75) is 6.18 Å². The van der Waals surface area contributed by atoms with Gasteiger partial charge < -0.3 is 5.32 Å². The lowest BCUT2D eigenvalue weighted by molar-refractivity contribution is -0.137. The molecule has 2 rings (SSSR count). The van der Waals surface area contributed by atoms with E-state index in [1.54, 1.807) is 0 Å². The first-order chi connectivity index (χ1) is 9.86. The number of nitrogens with zero attached hydrogens (tertiary/aromatic N) is 2. The van der Waals surface area contributed by atoms with Crippen molar-refractivity contribution in [1.82, 2.24) is 15.2 Å². The van der Waals surface area contributed by atoms with E-state index in [0.29, 0.717) is 0 Å². The van der Waals surface area contributed by atoms with Gasteiger partial charge in [-0.2, -0.15) is 23.3 Å². The second-order valence-corrected chi connectivity index (χ2v) is 3.82. The molecule has 0 spiro atoms. The Bertz CT molecular complexity index is 654. The van der Waals surface area contributed by atoms with Crippen molar-refractivity contribution in [3.05, 3.63) is 36.2 Å². The van der Waals surface area contributed by atoms with Gasteiger partial charge in [-0.25, -0.2) is 5.10 Å². The fraction of sp³-hybridized carbons (Fsp3) is 0.0909. The molecule has 7 nitrogen and oxygen atoms in total. The summed E-state index contributed by atoms with van der Waals surface area (Å²) in [6.45, 7) is 0. The van der Waals surface area contributed by atoms with Gasteiger partial charge in [-0.3, -0.25) is 14.9 Å². The third-order valence-corrected chi connectivity index (χ3v) is 2.30. The monoisotopic (exact) mass is 299 g/mol. The molecule has 0 saturated heterocycles. The van der Waals surface area contributed by atoms with Crippen LogP contribution in [0, 0.1) is 0 Å². The number of hydrogen-bond donors (Lipinski definition) is 3. The highest BCUT2D eigenvalue weighted by Gasteiger charge is 2.30. The average molecular weight is 299 g/mol. The maximum atomic E-state index is 12.5. The van der Waals surface area contributed by atoms with E-state index in [1.165, 1.54) is 6.07 Å². The number of carbonyl (C=O) groups excluding carboxylic acids is 2. The topological polar surface area (TPSA) is 99.8 Å². The van der Waals surface area contributed by atoms with E-state index < -0.39 is 23.6 Å². The van der Waals surface area contributed by atoms with Crippen molar-refractivity contribution < 1.29 is 22.8 Å². The Morgan fingerprint density at radius 1 is 1.14 bits per heavy atom. The van der Waals surface area contributed by atoms with Gasteiger partial charge in [-0.05, 0) is 18.2 Å². The molecule has 0 aliphatic rings. The lowest BCUT2D eigenvalue weighted by atomic mass is 10.2. The van der Waals surface area contributed by atoms with Gasteiger partial charge >= 0.3 is 18.0 Å². The zero-order valence-corrected chi connectivity index (χ0v) is 10.2. The van der Waals surface area contributed by atoms with Crippen LogP contribution in [0.2, 0.25) is 0 Å². The van der Waals surface area contributed by atoms with Crippen molar-refractivity contribution in [2.24, 2.45) is 0 Å². The van der Waals surface area contributed by atoms with Gasteiger partial charge in [0.15, 0.2) is 0 Å². The van der Waals surface area contributed by atoms with E-state index in [9.17, 15) is 22.8 Å². The summed E-state index contributed by atoms with van der Waals surface area (Å²) in [4.78, 5) is 26.6. The van der Waals surface area contributed by atoms with E-state index in [-0.39, 0.29) is 11.6 Å². The van der Waals surface area contributed by atoms with Gasteiger partial charge in [0.25, 0.3) is 0 Å². The summed E-state index contributed by atoms with van der Waals surface area (Å²) in [5.74, 6) is -2.28. The summed E-state index contributed by atoms with van der Waals surface area (Å²) in [7, 11) is 0. The summed E-state index contributed by atoms with van der Waals surface area (Å²) in [6, 6.07) is 3.92. The van der Waals surface area contributed by atoms with E-state index in [1.807, 2.05) is 0 Å². The molecule has 0 fully saturated rings. The average Bonchev–Trinajstić information content (AvgIpc) is 2.91. The van der Waals surface area contributed by atoms with Gasteiger partial charge in [0, 0.05) is 5.69 Å². The molecule has 0 unspecified atom stereocenters. The van der Waals surface area contributed by atoms with Crippen LogP contribution in [0.5, 0.6) is 0 Å². The Hall–Kier alpha value is -2.91. The minimum atomic E-state index is -4.54. The molecule has 2 amide bonds. The Morgan fingerprint density at radius 3 is 2.48 bits per heavy atom. The number of rotatable bonds is 2. The van der Waals surface area contributed by atoms with Crippen molar-refractivity contribution in [3.8, 4) is 0 Å². The molecule has 0 saturated carbocycles. The standard InChI is InChI=1S/C11H8F3N5O2/c12-11(13,14)6-2-1-3-7(4-6)17-8(20)9(21)18-10-15-5-16-19-10/h1-5H,(H,17,20)(H2,15,16,18,19,21). The predicted octanol–water partition coefficient (Wildman–Crippen LogP) is 1.40. The zero-order chi connectivity index (χ0) is 15.5. The number of anilines is 2. The second kappa shape index (κ2) is 5.61. The number of hydrogen-bond acceptors (Lipinski definition) is 4. The molecule has 10 heteroatoms. The fourth-order valence-corrected chi connectivity index (χ4v) is 1.39. The summed E-state index contributed by atoms with van der Waals surface area (Å²) in [5.41, 5.74) is -1.08. The number of benzene rings is 1. The largest absolute Gasteiger partial charge is 0.416 e. The molecule has 0 aliphatic heterocycles. The van der Waals surface area contributed by atoms with Crippen LogP contribution in [-0.4, -0.2) is 27.0 Å². The Kier molecular flexibility index (Phi) is 3.87. The lowest BCUT2D eigenvalue weighted by Crippen LogP contribution is -2.29. The van der Waals surface area contributed by atoms with Crippen LogP contribution in [-0.2, 0) is 15.8 Å². The number of alkyl halides is 3. The van der Waals surface area contributed by atoms with Gasteiger partial charge in [-0.15, -0.1) is 0 Å². The number of amides is 2. The first-order valence-electron chi connectivity index (χ1n) is 5.51. The van der Waals surface area contributed by atoms with Crippen LogP contribution in [0.3, 0.4) is 0 Å². The molecule has 0 radical (unpaired) electrons. The quantitative estimate of drug-likeness (QED) is 0.730. The number of H-pyrrole nitrogens is 1. The highest BCUT2D eigenvalue weighted by molar-refractivity contribution is 6.43. The second-order valence-electron chi connectivity index (χ2n) is 3.82. The molecule has 0 aliphatic carbocycles. The first kappa shape index (κ1) is 14.5. The van der Waals surface area contributed by atoms with Gasteiger partial charge in [-0.1, -0.05) is 6.07 Å². The molecular formula is C11H8F3N5O2. The molecule has 3 N–H and O–H groups in total. The van der Waals surface area contributed by atoms with Gasteiger partial charge in [0.1, 0.15) is 6.33 Å². The highest BCUT2D eigenvalue weighted by atomic mass is 19.4. The predicted molar refractivity (Wildman–Crippen MR) is 65.1 cm³/mol. The van der Waals surface area contributed by atoms with Crippen LogP contribution < -0.4 is 10.6 Å². The third-order valence-electron chi connectivity index (χ3n) is 2.30. The van der Waals surface area contributed by atoms with Crippen molar-refractivity contribution >= 4 is 23.5 Å². The first-order valence-corrected chi connectivity index (χ1v) is 5.51. The summed E-state index contributed by atoms with van der Waals surface area (Å²) >= 11 is 0. The Morgan fingerprint density at radius 2 is 1.86 bits per heavy atom. The van der Waals surface area contributed by atoms with Gasteiger partial charge in [0.05, 0.1) is 5.56 Å². The molecule has 2 aromatic rings. The van der Waals surface area contributed by atoms with Crippen LogP contribution in [0.25, 0.3) is 0 Å². The number of aromatic amines is 1. The molecule has 0 atom stereocenters. The molecule has 110 valence electrons. The minimum absolute atomic E-state index is 0.0563. The molecule has 1 heterocycles. The summed E-state index contributed by atoms with van der Waals surface area (Å²) in [6.07, 6.45) is -3.43. The smallest absolute Gasteiger partial charge is 0.318 e. The minimum Gasteiger partial charge on any atom is -0.318 e. The van der Waals surface area contributed by atoms with E-state index in [4.69, 9.17) is 0 Å². The number of halogens is 3. The normalized spacial score (nSPS) is 11.0. The Balaban J connectivity index is 2.04. The molecular weight excluding hydrogens is 291 g/mol. The molecule has 0 bridgehead atoms. The molecule has 21 heavy (non-hydrogen) atoms. The molecule has 1 aromatic heterocycles. The van der Waals surface area contributed by atoms with Crippen molar-refractivity contribution in [2.75, 3.05) is 10.6 Å². The van der Waals surface area contributed by atoms with Crippen molar-refractivity contribution in [1.29, 1.82) is 0 Å². The SMILES string of the molecule is O=C(Nc1cccc(C(F)(F)F)c1)C(=O)Nc1ncn[nH]1. The third kappa shape index (κ3) is 3.78. The highest BCUT2D eigenvalue weighted by Crippen LogP contribution is 2.30. The fourth-order valence-electron chi connectivity index (χ4n) is 1.39. The number of nitrogens with one attached hydrogen (secondary N) is 3. The van der Waals surface area contributed by atoms with Crippen LogP contribution in [0.4, 0.5) is 24.8 Å². The van der Waals surface area contributed by atoms with Crippen LogP contribution in [0.1, 0.15) is 5.56 Å². The maximum Gasteiger partial charge on any atom is 0.416 e. The van der Waals surface area contributed by atoms with Crippen LogP contribution in [0.15, 0.2) is 30.6 Å². The summed E-state index contributed by atoms with van der Waals surface area (Å²) in [5, 5.41) is 9.88. The molecule has 1 aromatic carbocycles.